The molecule has 14 nitrogen and oxygen atoms in total. The third-order valence-corrected chi connectivity index (χ3v) is 7.81. The average Bonchev–Trinajstić information content (AvgIpc) is 3.03. The number of aliphatic hydroxyl groups is 1. The summed E-state index contributed by atoms with van der Waals surface area (Å²) in [6.45, 7) is 3.65. The zero-order chi connectivity index (χ0) is 34.1. The minimum absolute atomic E-state index is 0.0179. The summed E-state index contributed by atoms with van der Waals surface area (Å²) in [5.41, 5.74) is 5.08. The Bertz CT molecular complexity index is 1690. The molecule has 0 aliphatic carbocycles. The van der Waals surface area contributed by atoms with Crippen molar-refractivity contribution in [1.82, 2.24) is 16.1 Å². The molecule has 0 saturated carbocycles. The number of urea groups is 1. The van der Waals surface area contributed by atoms with Crippen LogP contribution in [-0.2, 0) is 16.1 Å². The standard InChI is InChI=1S/C31H31Br2N5O9/c1-4-45-25-13-20(28-27(30(40)44-3)17(2)35-31(41)36-28)8-9-24(25)46-16-26(39)37-34-14-19-11-22(32)29(23(33)12-19)47-15-18-6-5-7-21(10-18)38(42)43/h5-14,26,28,37,39H,4,15-16H2,1-3H3,(H2,35,36,41)/b34-14-/t26-,28+/m1/s1. The number of nitro benzene ring substituents is 1. The van der Waals surface area contributed by atoms with Crippen molar-refractivity contribution in [1.29, 1.82) is 0 Å². The van der Waals surface area contributed by atoms with Crippen LogP contribution in [0.25, 0.3) is 0 Å². The molecule has 0 spiro atoms. The van der Waals surface area contributed by atoms with Gasteiger partial charge in [-0.25, -0.2) is 9.59 Å². The number of non-ortho nitro benzene ring substituents is 1. The van der Waals surface area contributed by atoms with Gasteiger partial charge in [0, 0.05) is 17.8 Å². The number of nitro groups is 1. The molecule has 4 N–H and O–H groups in total. The van der Waals surface area contributed by atoms with Crippen LogP contribution in [-0.4, -0.2) is 54.8 Å². The maximum atomic E-state index is 12.4. The molecule has 1 aliphatic rings. The second-order valence-corrected chi connectivity index (χ2v) is 11.7. The number of nitrogens with zero attached hydrogens (tertiary/aromatic N) is 2. The lowest BCUT2D eigenvalue weighted by Crippen LogP contribution is -2.45. The smallest absolute Gasteiger partial charge is 0.337 e. The van der Waals surface area contributed by atoms with Crippen molar-refractivity contribution in [2.45, 2.75) is 32.7 Å². The van der Waals surface area contributed by atoms with Crippen molar-refractivity contribution in [2.75, 3.05) is 20.3 Å². The quantitative estimate of drug-likeness (QED) is 0.0557. The van der Waals surface area contributed by atoms with Crippen LogP contribution in [0, 0.1) is 10.1 Å². The van der Waals surface area contributed by atoms with Crippen LogP contribution in [0.4, 0.5) is 10.5 Å². The van der Waals surface area contributed by atoms with Gasteiger partial charge in [0.2, 0.25) is 0 Å². The Morgan fingerprint density at radius 3 is 2.55 bits per heavy atom. The fraction of sp³-hybridized carbons (Fsp3) is 0.258. The lowest BCUT2D eigenvalue weighted by atomic mass is 9.95. The minimum atomic E-state index is -1.19. The summed E-state index contributed by atoms with van der Waals surface area (Å²) in [5.74, 6) is 0.587. The fourth-order valence-corrected chi connectivity index (χ4v) is 5.98. The maximum Gasteiger partial charge on any atom is 0.337 e. The first-order valence-electron chi connectivity index (χ1n) is 14.1. The Kier molecular flexibility index (Phi) is 12.2. The van der Waals surface area contributed by atoms with Crippen molar-refractivity contribution >= 4 is 55.8 Å². The van der Waals surface area contributed by atoms with Gasteiger partial charge in [-0.15, -0.1) is 0 Å². The summed E-state index contributed by atoms with van der Waals surface area (Å²) in [6.07, 6.45) is 0.302. The largest absolute Gasteiger partial charge is 0.490 e. The molecule has 3 aromatic carbocycles. The Morgan fingerprint density at radius 1 is 1.13 bits per heavy atom. The van der Waals surface area contributed by atoms with Gasteiger partial charge in [-0.2, -0.15) is 5.10 Å². The Hall–Kier alpha value is -4.67. The molecule has 2 amide bonds. The molecule has 0 radical (unpaired) electrons. The number of esters is 1. The van der Waals surface area contributed by atoms with Crippen molar-refractivity contribution < 1.29 is 38.6 Å². The van der Waals surface area contributed by atoms with Gasteiger partial charge in [-0.3, -0.25) is 15.5 Å². The van der Waals surface area contributed by atoms with E-state index in [2.05, 4.69) is 53.0 Å². The van der Waals surface area contributed by atoms with E-state index in [1.807, 2.05) is 0 Å². The number of amides is 2. The van der Waals surface area contributed by atoms with Gasteiger partial charge >= 0.3 is 12.0 Å². The number of carbonyl (C=O) groups is 2. The molecular formula is C31H31Br2N5O9. The number of halogens is 2. The van der Waals surface area contributed by atoms with Gasteiger partial charge < -0.3 is 34.7 Å². The van der Waals surface area contributed by atoms with Crippen LogP contribution in [0.3, 0.4) is 0 Å². The predicted molar refractivity (Wildman–Crippen MR) is 178 cm³/mol. The van der Waals surface area contributed by atoms with E-state index < -0.39 is 29.2 Å². The van der Waals surface area contributed by atoms with Crippen molar-refractivity contribution in [2.24, 2.45) is 5.10 Å². The number of benzene rings is 3. The van der Waals surface area contributed by atoms with Gasteiger partial charge in [-0.1, -0.05) is 18.2 Å². The number of hydrogen-bond donors (Lipinski definition) is 4. The molecule has 0 bridgehead atoms. The summed E-state index contributed by atoms with van der Waals surface area (Å²) in [4.78, 5) is 35.2. The number of ether oxygens (including phenoxy) is 4. The monoisotopic (exact) mass is 775 g/mol. The van der Waals surface area contributed by atoms with Gasteiger partial charge in [-0.05, 0) is 86.7 Å². The van der Waals surface area contributed by atoms with E-state index in [-0.39, 0.29) is 24.5 Å². The van der Waals surface area contributed by atoms with Crippen LogP contribution in [0.15, 0.2) is 79.9 Å². The highest BCUT2D eigenvalue weighted by Crippen LogP contribution is 2.36. The van der Waals surface area contributed by atoms with Crippen LogP contribution in [0.1, 0.15) is 36.6 Å². The molecule has 16 heteroatoms. The number of carbonyl (C=O) groups excluding carboxylic acids is 2. The average molecular weight is 777 g/mol. The number of allylic oxidation sites excluding steroid dienone is 1. The third-order valence-electron chi connectivity index (χ3n) is 6.63. The number of hydrazone groups is 1. The van der Waals surface area contributed by atoms with Gasteiger partial charge in [0.25, 0.3) is 5.69 Å². The normalized spacial score (nSPS) is 15.0. The number of rotatable bonds is 14. The molecule has 3 aromatic rings. The molecule has 0 fully saturated rings. The summed E-state index contributed by atoms with van der Waals surface area (Å²) < 4.78 is 23.5. The molecule has 0 unspecified atom stereocenters. The molecular weight excluding hydrogens is 746 g/mol. The van der Waals surface area contributed by atoms with Crippen LogP contribution < -0.4 is 30.3 Å². The topological polar surface area (TPSA) is 183 Å². The highest BCUT2D eigenvalue weighted by molar-refractivity contribution is 9.11. The number of hydrogen-bond acceptors (Lipinski definition) is 11. The van der Waals surface area contributed by atoms with Crippen LogP contribution in [0.2, 0.25) is 0 Å². The van der Waals surface area contributed by atoms with Gasteiger partial charge in [0.15, 0.2) is 17.7 Å². The summed E-state index contributed by atoms with van der Waals surface area (Å²) in [7, 11) is 1.26. The van der Waals surface area contributed by atoms with E-state index >= 15 is 0 Å². The highest BCUT2D eigenvalue weighted by atomic mass is 79.9. The first-order valence-corrected chi connectivity index (χ1v) is 15.7. The third kappa shape index (κ3) is 9.21. The molecule has 4 rings (SSSR count). The van der Waals surface area contributed by atoms with E-state index in [4.69, 9.17) is 18.9 Å². The number of aliphatic hydroxyl groups excluding tert-OH is 1. The second-order valence-electron chi connectivity index (χ2n) is 9.94. The van der Waals surface area contributed by atoms with E-state index in [0.29, 0.717) is 55.2 Å². The summed E-state index contributed by atoms with van der Waals surface area (Å²) in [5, 5.41) is 30.9. The van der Waals surface area contributed by atoms with E-state index in [1.54, 1.807) is 56.3 Å². The number of methoxy groups -OCH3 is 1. The van der Waals surface area contributed by atoms with Crippen molar-refractivity contribution in [3.63, 3.8) is 0 Å². The van der Waals surface area contributed by atoms with Crippen LogP contribution >= 0.6 is 31.9 Å². The Morgan fingerprint density at radius 2 is 1.87 bits per heavy atom. The predicted octanol–water partition coefficient (Wildman–Crippen LogP) is 5.22. The van der Waals surface area contributed by atoms with Crippen molar-refractivity contribution in [3.05, 3.63) is 102 Å². The minimum Gasteiger partial charge on any atom is -0.490 e. The molecule has 0 aromatic heterocycles. The Balaban J connectivity index is 1.37. The van der Waals surface area contributed by atoms with Crippen molar-refractivity contribution in [3.8, 4) is 17.2 Å². The lowest BCUT2D eigenvalue weighted by Gasteiger charge is -2.28. The number of nitrogens with one attached hydrogen (secondary N) is 3. The summed E-state index contributed by atoms with van der Waals surface area (Å²) >= 11 is 6.95. The van der Waals surface area contributed by atoms with Crippen LogP contribution in [0.5, 0.6) is 17.2 Å². The second kappa shape index (κ2) is 16.2. The molecule has 0 saturated heterocycles. The highest BCUT2D eigenvalue weighted by Gasteiger charge is 2.32. The van der Waals surface area contributed by atoms with Gasteiger partial charge in [0.05, 0.1) is 45.4 Å². The van der Waals surface area contributed by atoms with E-state index in [1.165, 1.54) is 25.5 Å². The van der Waals surface area contributed by atoms with E-state index in [9.17, 15) is 24.8 Å². The Labute approximate surface area is 286 Å². The zero-order valence-electron chi connectivity index (χ0n) is 25.4. The summed E-state index contributed by atoms with van der Waals surface area (Å²) in [6, 6.07) is 13.4. The molecule has 47 heavy (non-hydrogen) atoms. The molecule has 1 heterocycles. The molecule has 1 aliphatic heterocycles. The first-order chi connectivity index (χ1) is 22.5. The lowest BCUT2D eigenvalue weighted by molar-refractivity contribution is -0.384. The maximum absolute atomic E-state index is 12.4. The molecule has 248 valence electrons. The molecule has 2 atom stereocenters. The van der Waals surface area contributed by atoms with Gasteiger partial charge in [0.1, 0.15) is 19.0 Å². The fourth-order valence-electron chi connectivity index (χ4n) is 4.53. The SMILES string of the molecule is CCOc1cc([C@@H]2NC(=O)NC(C)=C2C(=O)OC)ccc1OC[C@@H](O)N/N=C\c1cc(Br)c(OCc2cccc([N+](=O)[O-])c2)c(Br)c1. The first kappa shape index (κ1) is 35.2. The zero-order valence-corrected chi connectivity index (χ0v) is 28.6. The van der Waals surface area contributed by atoms with E-state index in [0.717, 1.165) is 0 Å².